The van der Waals surface area contributed by atoms with Gasteiger partial charge in [-0.05, 0) is 26.8 Å². The summed E-state index contributed by atoms with van der Waals surface area (Å²) >= 11 is 6.12. The highest BCUT2D eigenvalue weighted by molar-refractivity contribution is 6.32. The minimum absolute atomic E-state index is 0.177. The SMILES string of the molecule is COC(=O)c1ccnc(Cl)c1N=C(C)N1[C@H](C)COC[C@H]1C. The summed E-state index contributed by atoms with van der Waals surface area (Å²) in [5.74, 6) is 0.280. The smallest absolute Gasteiger partial charge is 0.340 e. The van der Waals surface area contributed by atoms with Crippen LogP contribution in [0.2, 0.25) is 5.15 Å². The van der Waals surface area contributed by atoms with Crippen molar-refractivity contribution in [2.24, 2.45) is 4.99 Å². The van der Waals surface area contributed by atoms with Crippen molar-refractivity contribution in [3.8, 4) is 0 Å². The fraction of sp³-hybridized carbons (Fsp3) is 0.533. The van der Waals surface area contributed by atoms with Gasteiger partial charge in [-0.2, -0.15) is 0 Å². The van der Waals surface area contributed by atoms with E-state index in [1.165, 1.54) is 13.3 Å². The summed E-state index contributed by atoms with van der Waals surface area (Å²) in [6.45, 7) is 7.31. The van der Waals surface area contributed by atoms with Gasteiger partial charge in [-0.3, -0.25) is 0 Å². The number of rotatable bonds is 2. The van der Waals surface area contributed by atoms with E-state index in [1.807, 2.05) is 6.92 Å². The van der Waals surface area contributed by atoms with E-state index in [4.69, 9.17) is 21.1 Å². The van der Waals surface area contributed by atoms with Gasteiger partial charge in [0.2, 0.25) is 0 Å². The van der Waals surface area contributed by atoms with E-state index in [9.17, 15) is 4.79 Å². The van der Waals surface area contributed by atoms with Gasteiger partial charge in [0.15, 0.2) is 5.15 Å². The van der Waals surface area contributed by atoms with Crippen LogP contribution >= 0.6 is 11.6 Å². The molecule has 0 bridgehead atoms. The van der Waals surface area contributed by atoms with Crippen molar-refractivity contribution in [3.05, 3.63) is 23.0 Å². The number of ether oxygens (including phenoxy) is 2. The number of aromatic nitrogens is 1. The van der Waals surface area contributed by atoms with Crippen molar-refractivity contribution in [3.63, 3.8) is 0 Å². The molecule has 0 unspecified atom stereocenters. The molecule has 0 aromatic carbocycles. The van der Waals surface area contributed by atoms with Gasteiger partial charge in [0.25, 0.3) is 0 Å². The molecule has 0 saturated carbocycles. The molecule has 22 heavy (non-hydrogen) atoms. The molecule has 0 N–H and O–H groups in total. The van der Waals surface area contributed by atoms with Crippen molar-refractivity contribution in [2.45, 2.75) is 32.9 Å². The zero-order valence-electron chi connectivity index (χ0n) is 13.2. The molecule has 2 rings (SSSR count). The summed E-state index contributed by atoms with van der Waals surface area (Å²) < 4.78 is 10.3. The number of methoxy groups -OCH3 is 1. The van der Waals surface area contributed by atoms with Crippen molar-refractivity contribution in [1.82, 2.24) is 9.88 Å². The average molecular weight is 326 g/mol. The lowest BCUT2D eigenvalue weighted by Crippen LogP contribution is -2.51. The normalized spacial score (nSPS) is 22.6. The van der Waals surface area contributed by atoms with Gasteiger partial charge in [-0.15, -0.1) is 0 Å². The fourth-order valence-electron chi connectivity index (χ4n) is 2.67. The number of carbonyl (C=O) groups excluding carboxylic acids is 1. The van der Waals surface area contributed by atoms with Crippen LogP contribution in [0.5, 0.6) is 0 Å². The molecule has 2 heterocycles. The van der Waals surface area contributed by atoms with Crippen LogP contribution in [0.3, 0.4) is 0 Å². The molecule has 0 spiro atoms. The Morgan fingerprint density at radius 1 is 1.45 bits per heavy atom. The van der Waals surface area contributed by atoms with Crippen molar-refractivity contribution >= 4 is 29.1 Å². The van der Waals surface area contributed by atoms with E-state index in [0.29, 0.717) is 24.5 Å². The fourth-order valence-corrected chi connectivity index (χ4v) is 2.87. The third-order valence-electron chi connectivity index (χ3n) is 3.60. The summed E-state index contributed by atoms with van der Waals surface area (Å²) in [6.07, 6.45) is 1.46. The minimum atomic E-state index is -0.487. The lowest BCUT2D eigenvalue weighted by molar-refractivity contribution is -0.000883. The van der Waals surface area contributed by atoms with Gasteiger partial charge in [0.1, 0.15) is 11.5 Å². The maximum absolute atomic E-state index is 11.9. The lowest BCUT2D eigenvalue weighted by atomic mass is 10.1. The molecule has 1 fully saturated rings. The first-order valence-electron chi connectivity index (χ1n) is 7.10. The van der Waals surface area contributed by atoms with Gasteiger partial charge in [-0.1, -0.05) is 11.6 Å². The molecule has 0 radical (unpaired) electrons. The highest BCUT2D eigenvalue weighted by Crippen LogP contribution is 2.28. The van der Waals surface area contributed by atoms with Crippen LogP contribution in [0.15, 0.2) is 17.3 Å². The Bertz CT molecular complexity index is 581. The standard InChI is InChI=1S/C15H20ClN3O3/c1-9-7-22-8-10(2)19(9)11(3)18-13-12(15(20)21-4)5-6-17-14(13)16/h5-6,9-10H,7-8H2,1-4H3/t9-,10-/m1/s1. The van der Waals surface area contributed by atoms with E-state index in [1.54, 1.807) is 6.07 Å². The first-order chi connectivity index (χ1) is 10.5. The number of amidine groups is 1. The predicted octanol–water partition coefficient (Wildman–Crippen LogP) is 2.68. The second-order valence-corrected chi connectivity index (χ2v) is 5.65. The van der Waals surface area contributed by atoms with Crippen LogP contribution in [0, 0.1) is 0 Å². The Hall–Kier alpha value is -1.66. The third kappa shape index (κ3) is 3.39. The largest absolute Gasteiger partial charge is 0.465 e. The summed E-state index contributed by atoms with van der Waals surface area (Å²) in [6, 6.07) is 1.95. The molecule has 0 aliphatic carbocycles. The van der Waals surface area contributed by atoms with E-state index >= 15 is 0 Å². The van der Waals surface area contributed by atoms with Crippen LogP contribution < -0.4 is 0 Å². The first kappa shape index (κ1) is 16.7. The Morgan fingerprint density at radius 2 is 2.09 bits per heavy atom. The molecule has 1 saturated heterocycles. The van der Waals surface area contributed by atoms with Gasteiger partial charge in [-0.25, -0.2) is 14.8 Å². The summed E-state index contributed by atoms with van der Waals surface area (Å²) in [5, 5.41) is 0.177. The zero-order valence-corrected chi connectivity index (χ0v) is 13.9. The Morgan fingerprint density at radius 3 is 2.68 bits per heavy atom. The zero-order chi connectivity index (χ0) is 16.3. The highest BCUT2D eigenvalue weighted by Gasteiger charge is 2.27. The highest BCUT2D eigenvalue weighted by atomic mass is 35.5. The van der Waals surface area contributed by atoms with Gasteiger partial charge < -0.3 is 14.4 Å². The topological polar surface area (TPSA) is 64.0 Å². The summed E-state index contributed by atoms with van der Waals surface area (Å²) in [5.41, 5.74) is 0.634. The number of aliphatic imine (C=N–C) groups is 1. The second-order valence-electron chi connectivity index (χ2n) is 5.29. The van der Waals surface area contributed by atoms with Crippen LogP contribution in [0.25, 0.3) is 0 Å². The van der Waals surface area contributed by atoms with E-state index in [2.05, 4.69) is 28.7 Å². The van der Waals surface area contributed by atoms with Crippen LogP contribution in [-0.2, 0) is 9.47 Å². The molecule has 1 aromatic rings. The number of hydrogen-bond donors (Lipinski definition) is 0. The average Bonchev–Trinajstić information content (AvgIpc) is 2.48. The third-order valence-corrected chi connectivity index (χ3v) is 3.88. The molecule has 120 valence electrons. The van der Waals surface area contributed by atoms with Gasteiger partial charge in [0, 0.05) is 6.20 Å². The molecule has 7 heteroatoms. The molecule has 6 nitrogen and oxygen atoms in total. The van der Waals surface area contributed by atoms with Crippen LogP contribution in [-0.4, -0.2) is 54.1 Å². The molecule has 2 atom stereocenters. The lowest BCUT2D eigenvalue weighted by Gasteiger charge is -2.40. The monoisotopic (exact) mass is 325 g/mol. The molecule has 1 aromatic heterocycles. The van der Waals surface area contributed by atoms with Crippen molar-refractivity contribution in [2.75, 3.05) is 20.3 Å². The van der Waals surface area contributed by atoms with Crippen molar-refractivity contribution < 1.29 is 14.3 Å². The Kier molecular flexibility index (Phi) is 5.37. The summed E-state index contributed by atoms with van der Waals surface area (Å²) in [7, 11) is 1.32. The van der Waals surface area contributed by atoms with E-state index < -0.39 is 5.97 Å². The van der Waals surface area contributed by atoms with E-state index in [0.717, 1.165) is 5.84 Å². The van der Waals surface area contributed by atoms with Crippen molar-refractivity contribution in [1.29, 1.82) is 0 Å². The first-order valence-corrected chi connectivity index (χ1v) is 7.47. The number of esters is 1. The molecular weight excluding hydrogens is 306 g/mol. The number of halogens is 1. The predicted molar refractivity (Wildman–Crippen MR) is 84.9 cm³/mol. The number of carbonyl (C=O) groups is 1. The number of hydrogen-bond acceptors (Lipinski definition) is 5. The van der Waals surface area contributed by atoms with E-state index in [-0.39, 0.29) is 17.2 Å². The number of morpholine rings is 1. The molecule has 1 aliphatic rings. The quantitative estimate of drug-likeness (QED) is 0.362. The summed E-state index contributed by atoms with van der Waals surface area (Å²) in [4.78, 5) is 22.6. The van der Waals surface area contributed by atoms with Gasteiger partial charge in [0.05, 0.1) is 38.0 Å². The maximum atomic E-state index is 11.9. The maximum Gasteiger partial charge on any atom is 0.340 e. The van der Waals surface area contributed by atoms with Crippen LogP contribution in [0.1, 0.15) is 31.1 Å². The Labute approximate surface area is 135 Å². The number of pyridine rings is 1. The van der Waals surface area contributed by atoms with Gasteiger partial charge >= 0.3 is 5.97 Å². The molecule has 1 aliphatic heterocycles. The number of nitrogens with zero attached hydrogens (tertiary/aromatic N) is 3. The molecular formula is C15H20ClN3O3. The minimum Gasteiger partial charge on any atom is -0.465 e. The Balaban J connectivity index is 2.41. The van der Waals surface area contributed by atoms with Crippen LogP contribution in [0.4, 0.5) is 5.69 Å². The second kappa shape index (κ2) is 7.07. The molecule has 0 amide bonds.